The van der Waals surface area contributed by atoms with Gasteiger partial charge in [-0.1, -0.05) is 24.3 Å². The lowest BCUT2D eigenvalue weighted by molar-refractivity contribution is 0.0600. The summed E-state index contributed by atoms with van der Waals surface area (Å²) >= 11 is 0. The molecule has 27 heavy (non-hydrogen) atoms. The van der Waals surface area contributed by atoms with Crippen molar-refractivity contribution in [3.05, 3.63) is 65.4 Å². The van der Waals surface area contributed by atoms with Crippen LogP contribution < -0.4 is 4.72 Å². The molecule has 0 bridgehead atoms. The molecule has 0 radical (unpaired) electrons. The molecule has 0 aliphatic heterocycles. The number of benzene rings is 2. The van der Waals surface area contributed by atoms with Crippen LogP contribution in [0.25, 0.3) is 10.9 Å². The van der Waals surface area contributed by atoms with Crippen molar-refractivity contribution in [1.29, 1.82) is 0 Å². The van der Waals surface area contributed by atoms with Crippen LogP contribution in [0, 0.1) is 0 Å². The number of nitrogens with one attached hydrogen (secondary N) is 1. The summed E-state index contributed by atoms with van der Waals surface area (Å²) in [6.07, 6.45) is 1.77. The molecule has 1 aromatic heterocycles. The third-order valence-corrected chi connectivity index (χ3v) is 5.53. The fourth-order valence-electron chi connectivity index (χ4n) is 2.80. The topological polar surface area (TPSA) is 90.3 Å². The Labute approximate surface area is 158 Å². The zero-order valence-corrected chi connectivity index (χ0v) is 16.0. The lowest BCUT2D eigenvalue weighted by Gasteiger charge is -2.08. The molecule has 0 aliphatic carbocycles. The highest BCUT2D eigenvalue weighted by atomic mass is 32.2. The molecule has 3 aromatic rings. The number of carbonyl (C=O) groups excluding carboxylic acids is 1. The quantitative estimate of drug-likeness (QED) is 0.629. The Morgan fingerprint density at radius 2 is 1.85 bits per heavy atom. The summed E-state index contributed by atoms with van der Waals surface area (Å²) in [7, 11) is -2.19. The zero-order chi connectivity index (χ0) is 19.4. The molecule has 0 saturated carbocycles. The third-order valence-electron chi connectivity index (χ3n) is 4.24. The van der Waals surface area contributed by atoms with Crippen LogP contribution in [0.1, 0.15) is 28.4 Å². The van der Waals surface area contributed by atoms with Crippen LogP contribution >= 0.6 is 0 Å². The molecule has 1 heterocycles. The van der Waals surface area contributed by atoms with Gasteiger partial charge in [0.15, 0.2) is 0 Å². The number of ether oxygens (including phenoxy) is 1. The number of hydrogen-bond donors (Lipinski definition) is 1. The van der Waals surface area contributed by atoms with Crippen LogP contribution in [0.15, 0.2) is 48.7 Å². The molecule has 0 amide bonds. The standard InChI is InChI=1S/C19H21N3O4S/c1-3-22-18-10-15(6-9-17(18)12-20-22)13-27(24,25)21-11-14-4-7-16(8-5-14)19(23)26-2/h4-10,12,21H,3,11,13H2,1-2H3. The molecule has 0 spiro atoms. The maximum absolute atomic E-state index is 12.4. The van der Waals surface area contributed by atoms with Crippen molar-refractivity contribution in [1.82, 2.24) is 14.5 Å². The minimum atomic E-state index is -3.51. The van der Waals surface area contributed by atoms with Gasteiger partial charge in [-0.15, -0.1) is 0 Å². The van der Waals surface area contributed by atoms with Gasteiger partial charge in [-0.2, -0.15) is 5.10 Å². The van der Waals surface area contributed by atoms with E-state index in [0.717, 1.165) is 23.0 Å². The first-order valence-corrected chi connectivity index (χ1v) is 10.2. The Kier molecular flexibility index (Phi) is 5.57. The highest BCUT2D eigenvalue weighted by Crippen LogP contribution is 2.17. The summed E-state index contributed by atoms with van der Waals surface area (Å²) in [5, 5.41) is 5.25. The molecule has 0 saturated heterocycles. The minimum absolute atomic E-state index is 0.113. The first-order chi connectivity index (χ1) is 12.9. The van der Waals surface area contributed by atoms with Gasteiger partial charge in [0.1, 0.15) is 0 Å². The highest BCUT2D eigenvalue weighted by molar-refractivity contribution is 7.88. The van der Waals surface area contributed by atoms with Crippen LogP contribution in [-0.4, -0.2) is 31.3 Å². The second-order valence-corrected chi connectivity index (χ2v) is 7.93. The summed E-state index contributed by atoms with van der Waals surface area (Å²) in [4.78, 5) is 11.4. The van der Waals surface area contributed by atoms with Gasteiger partial charge >= 0.3 is 5.97 Å². The number of hydrogen-bond acceptors (Lipinski definition) is 5. The summed E-state index contributed by atoms with van der Waals surface area (Å²) < 4.78 is 33.9. The Balaban J connectivity index is 1.67. The average Bonchev–Trinajstić information content (AvgIpc) is 3.08. The largest absolute Gasteiger partial charge is 0.465 e. The molecule has 0 aliphatic rings. The van der Waals surface area contributed by atoms with E-state index in [2.05, 4.69) is 14.6 Å². The van der Waals surface area contributed by atoms with Crippen molar-refractivity contribution >= 4 is 26.9 Å². The lowest BCUT2D eigenvalue weighted by Crippen LogP contribution is -2.24. The molecule has 2 aromatic carbocycles. The monoisotopic (exact) mass is 387 g/mol. The molecule has 0 atom stereocenters. The fraction of sp³-hybridized carbons (Fsp3) is 0.263. The summed E-state index contributed by atoms with van der Waals surface area (Å²) in [6.45, 7) is 2.86. The Morgan fingerprint density at radius 1 is 1.15 bits per heavy atom. The fourth-order valence-corrected chi connectivity index (χ4v) is 3.91. The van der Waals surface area contributed by atoms with Crippen LogP contribution in [0.5, 0.6) is 0 Å². The van der Waals surface area contributed by atoms with E-state index >= 15 is 0 Å². The number of aromatic nitrogens is 2. The average molecular weight is 387 g/mol. The third kappa shape index (κ3) is 4.53. The first-order valence-electron chi connectivity index (χ1n) is 8.51. The van der Waals surface area contributed by atoms with Crippen molar-refractivity contribution < 1.29 is 17.9 Å². The van der Waals surface area contributed by atoms with Crippen LogP contribution in [0.2, 0.25) is 0 Å². The van der Waals surface area contributed by atoms with Crippen molar-refractivity contribution in [3.63, 3.8) is 0 Å². The van der Waals surface area contributed by atoms with E-state index in [4.69, 9.17) is 0 Å². The van der Waals surface area contributed by atoms with Crippen LogP contribution in [-0.2, 0) is 33.6 Å². The Bertz CT molecular complexity index is 1060. The summed E-state index contributed by atoms with van der Waals surface area (Å²) in [5.74, 6) is -0.540. The minimum Gasteiger partial charge on any atom is -0.465 e. The second kappa shape index (κ2) is 7.89. The molecule has 7 nitrogen and oxygen atoms in total. The number of fused-ring (bicyclic) bond motifs is 1. The number of nitrogens with zero attached hydrogens (tertiary/aromatic N) is 2. The van der Waals surface area contributed by atoms with Crippen molar-refractivity contribution in [3.8, 4) is 0 Å². The van der Waals surface area contributed by atoms with Crippen LogP contribution in [0.4, 0.5) is 0 Å². The second-order valence-electron chi connectivity index (χ2n) is 6.12. The Morgan fingerprint density at radius 3 is 2.52 bits per heavy atom. The van der Waals surface area contributed by atoms with E-state index < -0.39 is 16.0 Å². The van der Waals surface area contributed by atoms with Gasteiger partial charge in [0.05, 0.1) is 30.1 Å². The van der Waals surface area contributed by atoms with Crippen molar-refractivity contribution in [2.75, 3.05) is 7.11 Å². The zero-order valence-electron chi connectivity index (χ0n) is 15.2. The van der Waals surface area contributed by atoms with Crippen molar-refractivity contribution in [2.45, 2.75) is 25.8 Å². The SMILES string of the molecule is CCn1ncc2ccc(CS(=O)(=O)NCc3ccc(C(=O)OC)cc3)cc21. The molecular formula is C19H21N3O4S. The first kappa shape index (κ1) is 19.1. The summed E-state index contributed by atoms with van der Waals surface area (Å²) in [5.41, 5.74) is 2.80. The van der Waals surface area contributed by atoms with E-state index in [1.54, 1.807) is 36.5 Å². The smallest absolute Gasteiger partial charge is 0.337 e. The molecule has 3 rings (SSSR count). The number of methoxy groups -OCH3 is 1. The van der Waals surface area contributed by atoms with Gasteiger partial charge in [-0.05, 0) is 36.2 Å². The lowest BCUT2D eigenvalue weighted by atomic mass is 10.1. The van der Waals surface area contributed by atoms with E-state index in [1.807, 2.05) is 23.7 Å². The molecule has 142 valence electrons. The molecule has 1 N–H and O–H groups in total. The predicted octanol–water partition coefficient (Wildman–Crippen LogP) is 2.46. The highest BCUT2D eigenvalue weighted by Gasteiger charge is 2.13. The van der Waals surface area contributed by atoms with E-state index in [0.29, 0.717) is 11.1 Å². The molecule has 0 unspecified atom stereocenters. The molecular weight excluding hydrogens is 366 g/mol. The van der Waals surface area contributed by atoms with Gasteiger partial charge in [-0.3, -0.25) is 4.68 Å². The normalized spacial score (nSPS) is 11.6. The van der Waals surface area contributed by atoms with Crippen LogP contribution in [0.3, 0.4) is 0 Å². The molecule has 0 fully saturated rings. The van der Waals surface area contributed by atoms with E-state index in [-0.39, 0.29) is 12.3 Å². The predicted molar refractivity (Wildman–Crippen MR) is 103 cm³/mol. The summed E-state index contributed by atoms with van der Waals surface area (Å²) in [6, 6.07) is 12.1. The number of esters is 1. The van der Waals surface area contributed by atoms with Gasteiger partial charge in [0.25, 0.3) is 0 Å². The maximum atomic E-state index is 12.4. The molecule has 8 heteroatoms. The van der Waals surface area contributed by atoms with Gasteiger partial charge in [0.2, 0.25) is 10.0 Å². The Hall–Kier alpha value is -2.71. The number of sulfonamides is 1. The van der Waals surface area contributed by atoms with E-state index in [1.165, 1.54) is 7.11 Å². The number of aryl methyl sites for hydroxylation is 1. The van der Waals surface area contributed by atoms with Crippen molar-refractivity contribution in [2.24, 2.45) is 0 Å². The van der Waals surface area contributed by atoms with Gasteiger partial charge < -0.3 is 4.74 Å². The van der Waals surface area contributed by atoms with Gasteiger partial charge in [0, 0.05) is 18.5 Å². The van der Waals surface area contributed by atoms with E-state index in [9.17, 15) is 13.2 Å². The number of carbonyl (C=O) groups is 1. The maximum Gasteiger partial charge on any atom is 0.337 e. The van der Waals surface area contributed by atoms with Gasteiger partial charge in [-0.25, -0.2) is 17.9 Å². The number of rotatable bonds is 7.